The molecular formula is C8H5BN2. The van der Waals surface area contributed by atoms with E-state index in [1.165, 1.54) is 6.33 Å². The zero-order chi connectivity index (χ0) is 7.68. The maximum atomic E-state index is 5.57. The van der Waals surface area contributed by atoms with Crippen molar-refractivity contribution in [3.05, 3.63) is 30.7 Å². The molecule has 11 heavy (non-hydrogen) atoms. The first-order valence-corrected chi connectivity index (χ1v) is 3.31. The van der Waals surface area contributed by atoms with Crippen molar-refractivity contribution in [2.45, 2.75) is 0 Å². The predicted octanol–water partition coefficient (Wildman–Crippen LogP) is 0.424. The van der Waals surface area contributed by atoms with Crippen LogP contribution in [0, 0.1) is 0 Å². The topological polar surface area (TPSA) is 25.8 Å². The Labute approximate surface area is 65.7 Å². The van der Waals surface area contributed by atoms with Crippen LogP contribution in [0.3, 0.4) is 0 Å². The summed E-state index contributed by atoms with van der Waals surface area (Å²) >= 11 is 0. The van der Waals surface area contributed by atoms with Gasteiger partial charge < -0.3 is 0 Å². The summed E-state index contributed by atoms with van der Waals surface area (Å²) in [6.45, 7) is 0. The molecule has 0 N–H and O–H groups in total. The lowest BCUT2D eigenvalue weighted by molar-refractivity contribution is 1.22. The van der Waals surface area contributed by atoms with Gasteiger partial charge in [0.2, 0.25) is 0 Å². The van der Waals surface area contributed by atoms with Gasteiger partial charge in [0.15, 0.2) is 0 Å². The molecule has 0 saturated carbocycles. The van der Waals surface area contributed by atoms with Gasteiger partial charge in [0, 0.05) is 11.6 Å². The third kappa shape index (κ3) is 1.09. The van der Waals surface area contributed by atoms with Gasteiger partial charge in [-0.15, -0.1) is 0 Å². The Morgan fingerprint density at radius 3 is 3.09 bits per heavy atom. The van der Waals surface area contributed by atoms with E-state index in [0.29, 0.717) is 0 Å². The van der Waals surface area contributed by atoms with Crippen LogP contribution in [0.25, 0.3) is 10.9 Å². The van der Waals surface area contributed by atoms with Crippen molar-refractivity contribution < 1.29 is 0 Å². The van der Waals surface area contributed by atoms with Crippen LogP contribution in [-0.4, -0.2) is 17.8 Å². The standard InChI is InChI=1S/C8H5BN2/c9-7-1-2-8-6(3-7)4-10-5-11-8/h1-5H. The fourth-order valence-electron chi connectivity index (χ4n) is 1.00. The maximum absolute atomic E-state index is 5.57. The average molecular weight is 140 g/mol. The van der Waals surface area contributed by atoms with Crippen molar-refractivity contribution in [1.82, 2.24) is 9.97 Å². The van der Waals surface area contributed by atoms with E-state index >= 15 is 0 Å². The van der Waals surface area contributed by atoms with E-state index in [1.54, 1.807) is 6.20 Å². The van der Waals surface area contributed by atoms with Crippen molar-refractivity contribution in [2.24, 2.45) is 0 Å². The lowest BCUT2D eigenvalue weighted by Crippen LogP contribution is -2.00. The van der Waals surface area contributed by atoms with Crippen LogP contribution in [0.1, 0.15) is 0 Å². The Morgan fingerprint density at radius 2 is 2.18 bits per heavy atom. The number of hydrogen-bond acceptors (Lipinski definition) is 2. The van der Waals surface area contributed by atoms with E-state index in [0.717, 1.165) is 16.4 Å². The van der Waals surface area contributed by atoms with Gasteiger partial charge in [0.05, 0.1) is 5.52 Å². The monoisotopic (exact) mass is 140 g/mol. The summed E-state index contributed by atoms with van der Waals surface area (Å²) < 4.78 is 0. The summed E-state index contributed by atoms with van der Waals surface area (Å²) in [4.78, 5) is 7.94. The summed E-state index contributed by atoms with van der Waals surface area (Å²) in [6, 6.07) is 5.57. The second-order valence-corrected chi connectivity index (χ2v) is 2.34. The second kappa shape index (κ2) is 2.34. The molecule has 0 aliphatic rings. The third-order valence-corrected chi connectivity index (χ3v) is 1.53. The number of rotatable bonds is 0. The maximum Gasteiger partial charge on any atom is 0.116 e. The third-order valence-electron chi connectivity index (χ3n) is 1.53. The molecule has 50 valence electrons. The van der Waals surface area contributed by atoms with Crippen molar-refractivity contribution >= 4 is 24.2 Å². The van der Waals surface area contributed by atoms with Crippen LogP contribution in [0.15, 0.2) is 30.7 Å². The molecule has 2 aromatic rings. The minimum atomic E-state index is 0.743. The molecule has 0 spiro atoms. The number of fused-ring (bicyclic) bond motifs is 1. The highest BCUT2D eigenvalue weighted by molar-refractivity contribution is 6.33. The normalized spacial score (nSPS) is 10.2. The van der Waals surface area contributed by atoms with Gasteiger partial charge in [0.25, 0.3) is 0 Å². The first-order valence-electron chi connectivity index (χ1n) is 3.31. The molecule has 0 bridgehead atoms. The van der Waals surface area contributed by atoms with E-state index in [9.17, 15) is 0 Å². The van der Waals surface area contributed by atoms with Crippen molar-refractivity contribution in [3.63, 3.8) is 0 Å². The van der Waals surface area contributed by atoms with E-state index in [1.807, 2.05) is 18.2 Å². The Balaban J connectivity index is 2.83. The highest BCUT2D eigenvalue weighted by Crippen LogP contribution is 2.04. The molecule has 1 aromatic carbocycles. The molecule has 0 atom stereocenters. The quantitative estimate of drug-likeness (QED) is 0.495. The highest BCUT2D eigenvalue weighted by Gasteiger charge is 1.91. The molecule has 3 heteroatoms. The van der Waals surface area contributed by atoms with E-state index < -0.39 is 0 Å². The van der Waals surface area contributed by atoms with Crippen LogP contribution in [0.5, 0.6) is 0 Å². The van der Waals surface area contributed by atoms with Gasteiger partial charge in [-0.2, -0.15) is 0 Å². The van der Waals surface area contributed by atoms with Crippen molar-refractivity contribution in [3.8, 4) is 0 Å². The average Bonchev–Trinajstić information content (AvgIpc) is 2.04. The van der Waals surface area contributed by atoms with Gasteiger partial charge >= 0.3 is 0 Å². The number of hydrogen-bond donors (Lipinski definition) is 0. The van der Waals surface area contributed by atoms with Crippen molar-refractivity contribution in [1.29, 1.82) is 0 Å². The Hall–Kier alpha value is -1.38. The number of aromatic nitrogens is 2. The lowest BCUT2D eigenvalue weighted by Gasteiger charge is -1.95. The molecule has 2 nitrogen and oxygen atoms in total. The minimum Gasteiger partial charge on any atom is -0.244 e. The van der Waals surface area contributed by atoms with Gasteiger partial charge in [-0.25, -0.2) is 9.97 Å². The molecule has 0 amide bonds. The molecule has 1 heterocycles. The van der Waals surface area contributed by atoms with E-state index in [4.69, 9.17) is 7.85 Å². The molecule has 0 unspecified atom stereocenters. The molecule has 0 saturated heterocycles. The van der Waals surface area contributed by atoms with Gasteiger partial charge in [-0.3, -0.25) is 0 Å². The first-order chi connectivity index (χ1) is 5.36. The summed E-state index contributed by atoms with van der Waals surface area (Å²) in [6.07, 6.45) is 3.28. The molecular weight excluding hydrogens is 135 g/mol. The number of nitrogens with zero attached hydrogens (tertiary/aromatic N) is 2. The second-order valence-electron chi connectivity index (χ2n) is 2.34. The van der Waals surface area contributed by atoms with Crippen molar-refractivity contribution in [2.75, 3.05) is 0 Å². The smallest absolute Gasteiger partial charge is 0.116 e. The predicted molar refractivity (Wildman–Crippen MR) is 44.9 cm³/mol. The SMILES string of the molecule is [B]c1ccc2ncncc2c1. The van der Waals surface area contributed by atoms with Crippen LogP contribution in [0.4, 0.5) is 0 Å². The Kier molecular flexibility index (Phi) is 1.35. The summed E-state index contributed by atoms with van der Waals surface area (Å²) in [5, 5.41) is 0.979. The number of benzene rings is 1. The fourth-order valence-corrected chi connectivity index (χ4v) is 1.00. The molecule has 0 fully saturated rings. The van der Waals surface area contributed by atoms with Crippen LogP contribution < -0.4 is 5.46 Å². The molecule has 0 aliphatic carbocycles. The Morgan fingerprint density at radius 1 is 1.27 bits per heavy atom. The Bertz CT molecular complexity index is 387. The first kappa shape index (κ1) is 6.34. The molecule has 2 rings (SSSR count). The fraction of sp³-hybridized carbons (Fsp3) is 0. The zero-order valence-electron chi connectivity index (χ0n) is 5.86. The van der Waals surface area contributed by atoms with E-state index in [2.05, 4.69) is 9.97 Å². The lowest BCUT2D eigenvalue weighted by atomic mass is 9.95. The molecule has 0 aliphatic heterocycles. The van der Waals surface area contributed by atoms with Gasteiger partial charge in [-0.05, 0) is 6.07 Å². The summed E-state index contributed by atoms with van der Waals surface area (Å²) in [7, 11) is 5.57. The summed E-state index contributed by atoms with van der Waals surface area (Å²) in [5.41, 5.74) is 1.67. The summed E-state index contributed by atoms with van der Waals surface area (Å²) in [5.74, 6) is 0. The van der Waals surface area contributed by atoms with Crippen LogP contribution >= 0.6 is 0 Å². The zero-order valence-corrected chi connectivity index (χ0v) is 5.86. The minimum absolute atomic E-state index is 0.743. The van der Waals surface area contributed by atoms with Gasteiger partial charge in [-0.1, -0.05) is 17.6 Å². The highest BCUT2D eigenvalue weighted by atomic mass is 14.8. The van der Waals surface area contributed by atoms with E-state index in [-0.39, 0.29) is 0 Å². The van der Waals surface area contributed by atoms with Crippen LogP contribution in [0.2, 0.25) is 0 Å². The molecule has 1 aromatic heterocycles. The van der Waals surface area contributed by atoms with Gasteiger partial charge in [0.1, 0.15) is 14.2 Å². The largest absolute Gasteiger partial charge is 0.244 e. The van der Waals surface area contributed by atoms with Crippen LogP contribution in [-0.2, 0) is 0 Å². The molecule has 2 radical (unpaired) electrons.